The quantitative estimate of drug-likeness (QED) is 0.444. The summed E-state index contributed by atoms with van der Waals surface area (Å²) in [5.41, 5.74) is 3.05. The van der Waals surface area contributed by atoms with E-state index in [2.05, 4.69) is 0 Å². The molecule has 4 aromatic rings. The summed E-state index contributed by atoms with van der Waals surface area (Å²) in [5.74, 6) is 1.52. The number of nitrogens with zero attached hydrogens (tertiary/aromatic N) is 1. The Bertz CT molecular complexity index is 1220. The molecular weight excluding hydrogens is 350 g/mol. The van der Waals surface area contributed by atoms with Crippen LogP contribution in [0.3, 0.4) is 0 Å². The molecule has 1 heterocycles. The number of carbonyl (C=O) groups is 1. The molecule has 0 radical (unpaired) electrons. The van der Waals surface area contributed by atoms with E-state index in [0.29, 0.717) is 11.3 Å². The Balaban J connectivity index is 1.91. The number of benzene rings is 3. The number of methoxy groups -OCH3 is 1. The highest BCUT2D eigenvalue weighted by Crippen LogP contribution is 2.25. The third-order valence-electron chi connectivity index (χ3n) is 4.53. The first-order valence-electron chi connectivity index (χ1n) is 8.97. The van der Waals surface area contributed by atoms with Crippen LogP contribution in [0.25, 0.3) is 22.3 Å². The average molecular weight is 369 g/mol. The highest BCUT2D eigenvalue weighted by molar-refractivity contribution is 5.94. The standard InChI is InChI=1S/C24H19NO3/c1-16(26)18-6-5-7-19(14-18)25-22-15-24(17-10-12-20(27-2)13-11-17)28-23-9-4-3-8-21(22)23/h3-15H,1-2H3. The van der Waals surface area contributed by atoms with Gasteiger partial charge in [0, 0.05) is 22.6 Å². The molecule has 28 heavy (non-hydrogen) atoms. The third kappa shape index (κ3) is 3.58. The molecule has 4 nitrogen and oxygen atoms in total. The fourth-order valence-corrected chi connectivity index (χ4v) is 3.04. The molecule has 0 saturated heterocycles. The van der Waals surface area contributed by atoms with Gasteiger partial charge in [-0.1, -0.05) is 24.3 Å². The summed E-state index contributed by atoms with van der Waals surface area (Å²) in [6.07, 6.45) is 0. The van der Waals surface area contributed by atoms with Crippen LogP contribution in [0.5, 0.6) is 5.75 Å². The molecule has 0 fully saturated rings. The normalized spacial score (nSPS) is 11.6. The number of hydrogen-bond donors (Lipinski definition) is 0. The van der Waals surface area contributed by atoms with Crippen LogP contribution >= 0.6 is 0 Å². The van der Waals surface area contributed by atoms with Crippen molar-refractivity contribution in [2.45, 2.75) is 6.92 Å². The first-order valence-corrected chi connectivity index (χ1v) is 8.97. The van der Waals surface area contributed by atoms with Crippen molar-refractivity contribution in [3.8, 4) is 17.1 Å². The molecule has 0 bridgehead atoms. The molecule has 0 aliphatic carbocycles. The SMILES string of the molecule is COc1ccc(-c2cc(=Nc3cccc(C(C)=O)c3)c3ccccc3o2)cc1. The van der Waals surface area contributed by atoms with Crippen LogP contribution in [-0.4, -0.2) is 12.9 Å². The zero-order valence-corrected chi connectivity index (χ0v) is 15.7. The zero-order chi connectivity index (χ0) is 19.5. The minimum Gasteiger partial charge on any atom is -0.497 e. The number of ether oxygens (including phenoxy) is 1. The molecule has 0 aliphatic rings. The van der Waals surface area contributed by atoms with Crippen LogP contribution in [0.1, 0.15) is 17.3 Å². The molecule has 0 N–H and O–H groups in total. The summed E-state index contributed by atoms with van der Waals surface area (Å²) in [6, 6.07) is 24.7. The van der Waals surface area contributed by atoms with Gasteiger partial charge in [0.1, 0.15) is 17.1 Å². The maximum Gasteiger partial charge on any atom is 0.159 e. The highest BCUT2D eigenvalue weighted by Gasteiger charge is 2.07. The molecule has 4 heteroatoms. The summed E-state index contributed by atoms with van der Waals surface area (Å²) in [5, 5.41) is 1.70. The maximum atomic E-state index is 11.7. The van der Waals surface area contributed by atoms with Crippen molar-refractivity contribution in [3.63, 3.8) is 0 Å². The summed E-state index contributed by atoms with van der Waals surface area (Å²) >= 11 is 0. The van der Waals surface area contributed by atoms with E-state index in [4.69, 9.17) is 14.1 Å². The van der Waals surface area contributed by atoms with Crippen LogP contribution < -0.4 is 10.1 Å². The Morgan fingerprint density at radius 3 is 2.46 bits per heavy atom. The largest absolute Gasteiger partial charge is 0.497 e. The smallest absolute Gasteiger partial charge is 0.159 e. The van der Waals surface area contributed by atoms with E-state index in [1.165, 1.54) is 0 Å². The van der Waals surface area contributed by atoms with Crippen molar-refractivity contribution in [3.05, 3.63) is 89.8 Å². The molecule has 3 aromatic carbocycles. The Morgan fingerprint density at radius 2 is 1.71 bits per heavy atom. The van der Waals surface area contributed by atoms with Gasteiger partial charge >= 0.3 is 0 Å². The number of carbonyl (C=O) groups excluding carboxylic acids is 1. The minimum absolute atomic E-state index is 0.0175. The van der Waals surface area contributed by atoms with Gasteiger partial charge in [-0.2, -0.15) is 0 Å². The number of rotatable bonds is 4. The van der Waals surface area contributed by atoms with Crippen LogP contribution in [0.15, 0.2) is 88.3 Å². The third-order valence-corrected chi connectivity index (χ3v) is 4.53. The van der Waals surface area contributed by atoms with Crippen molar-refractivity contribution >= 4 is 22.4 Å². The lowest BCUT2D eigenvalue weighted by Gasteiger charge is -2.06. The lowest BCUT2D eigenvalue weighted by Crippen LogP contribution is -2.03. The Morgan fingerprint density at radius 1 is 0.929 bits per heavy atom. The Kier molecular flexibility index (Phi) is 4.77. The number of Topliss-reactive ketones (excluding diaryl/α,β-unsaturated/α-hetero) is 1. The van der Waals surface area contributed by atoms with Crippen molar-refractivity contribution < 1.29 is 13.9 Å². The first-order chi connectivity index (χ1) is 13.6. The van der Waals surface area contributed by atoms with E-state index in [9.17, 15) is 4.79 Å². The molecule has 0 atom stereocenters. The number of para-hydroxylation sites is 1. The van der Waals surface area contributed by atoms with Gasteiger partial charge in [0.05, 0.1) is 18.2 Å². The molecule has 1 aromatic heterocycles. The number of ketones is 1. The van der Waals surface area contributed by atoms with E-state index >= 15 is 0 Å². The average Bonchev–Trinajstić information content (AvgIpc) is 2.74. The molecule has 4 rings (SSSR count). The predicted octanol–water partition coefficient (Wildman–Crippen LogP) is 5.54. The lowest BCUT2D eigenvalue weighted by atomic mass is 10.1. The fraction of sp³-hybridized carbons (Fsp3) is 0.0833. The minimum atomic E-state index is 0.0175. The topological polar surface area (TPSA) is 51.8 Å². The van der Waals surface area contributed by atoms with Crippen molar-refractivity contribution in [1.29, 1.82) is 0 Å². The van der Waals surface area contributed by atoms with Crippen molar-refractivity contribution in [1.82, 2.24) is 0 Å². The highest BCUT2D eigenvalue weighted by atomic mass is 16.5. The van der Waals surface area contributed by atoms with E-state index in [-0.39, 0.29) is 5.78 Å². The predicted molar refractivity (Wildman–Crippen MR) is 110 cm³/mol. The van der Waals surface area contributed by atoms with Crippen LogP contribution in [0.2, 0.25) is 0 Å². The molecule has 0 saturated carbocycles. The number of hydrogen-bond acceptors (Lipinski definition) is 4. The van der Waals surface area contributed by atoms with Crippen molar-refractivity contribution in [2.75, 3.05) is 7.11 Å². The van der Waals surface area contributed by atoms with E-state index < -0.39 is 0 Å². The van der Waals surface area contributed by atoms with Crippen LogP contribution in [0, 0.1) is 0 Å². The lowest BCUT2D eigenvalue weighted by molar-refractivity contribution is 0.101. The second-order valence-corrected chi connectivity index (χ2v) is 6.44. The second-order valence-electron chi connectivity index (χ2n) is 6.44. The Hall–Kier alpha value is -3.66. The van der Waals surface area contributed by atoms with Crippen LogP contribution in [-0.2, 0) is 0 Å². The van der Waals surface area contributed by atoms with E-state index in [1.54, 1.807) is 26.2 Å². The monoisotopic (exact) mass is 369 g/mol. The van der Waals surface area contributed by atoms with Gasteiger partial charge in [-0.05, 0) is 55.5 Å². The Labute approximate surface area is 162 Å². The molecule has 138 valence electrons. The van der Waals surface area contributed by atoms with Crippen LogP contribution in [0.4, 0.5) is 5.69 Å². The van der Waals surface area contributed by atoms with Gasteiger partial charge in [0.15, 0.2) is 5.78 Å². The molecular formula is C24H19NO3. The molecule has 0 amide bonds. The molecule has 0 spiro atoms. The van der Waals surface area contributed by atoms with E-state index in [1.807, 2.05) is 66.7 Å². The maximum absolute atomic E-state index is 11.7. The van der Waals surface area contributed by atoms with Gasteiger partial charge < -0.3 is 9.15 Å². The van der Waals surface area contributed by atoms with Gasteiger partial charge in [0.25, 0.3) is 0 Å². The first kappa shape index (κ1) is 17.7. The number of fused-ring (bicyclic) bond motifs is 1. The van der Waals surface area contributed by atoms with Crippen molar-refractivity contribution in [2.24, 2.45) is 4.99 Å². The summed E-state index contributed by atoms with van der Waals surface area (Å²) in [7, 11) is 1.64. The second kappa shape index (κ2) is 7.53. The molecule has 0 unspecified atom stereocenters. The summed E-state index contributed by atoms with van der Waals surface area (Å²) in [4.78, 5) is 16.5. The van der Waals surface area contributed by atoms with E-state index in [0.717, 1.165) is 33.3 Å². The van der Waals surface area contributed by atoms with Gasteiger partial charge in [-0.3, -0.25) is 4.79 Å². The summed E-state index contributed by atoms with van der Waals surface area (Å²) in [6.45, 7) is 1.55. The molecule has 0 aliphatic heterocycles. The summed E-state index contributed by atoms with van der Waals surface area (Å²) < 4.78 is 11.3. The van der Waals surface area contributed by atoms with Gasteiger partial charge in [-0.15, -0.1) is 0 Å². The van der Waals surface area contributed by atoms with Gasteiger partial charge in [0.2, 0.25) is 0 Å². The van der Waals surface area contributed by atoms with Gasteiger partial charge in [-0.25, -0.2) is 4.99 Å². The fourth-order valence-electron chi connectivity index (χ4n) is 3.04. The zero-order valence-electron chi connectivity index (χ0n) is 15.7.